The Balaban J connectivity index is 2.31. The van der Waals surface area contributed by atoms with Crippen LogP contribution in [0.15, 0.2) is 6.08 Å². The topological polar surface area (TPSA) is 93.1 Å². The molecule has 0 spiro atoms. The van der Waals surface area contributed by atoms with E-state index in [0.29, 0.717) is 23.3 Å². The number of benzene rings is 1. The molecule has 3 rings (SSSR count). The van der Waals surface area contributed by atoms with E-state index in [4.69, 9.17) is 9.47 Å². The van der Waals surface area contributed by atoms with E-state index in [0.717, 1.165) is 12.8 Å². The van der Waals surface area contributed by atoms with Crippen LogP contribution < -0.4 is 9.47 Å². The molecule has 0 aromatic heterocycles. The Bertz CT molecular complexity index is 867. The van der Waals surface area contributed by atoms with Crippen LogP contribution in [0.1, 0.15) is 87.7 Å². The summed E-state index contributed by atoms with van der Waals surface area (Å²) in [6.07, 6.45) is 5.48. The van der Waals surface area contributed by atoms with E-state index in [9.17, 15) is 19.8 Å². The largest absolute Gasteiger partial charge is 0.506 e. The van der Waals surface area contributed by atoms with Gasteiger partial charge < -0.3 is 19.7 Å². The van der Waals surface area contributed by atoms with Crippen LogP contribution in [-0.2, 0) is 4.79 Å². The van der Waals surface area contributed by atoms with E-state index in [1.165, 1.54) is 0 Å². The summed E-state index contributed by atoms with van der Waals surface area (Å²) in [6.45, 7) is 9.42. The summed E-state index contributed by atoms with van der Waals surface area (Å²) in [4.78, 5) is 24.7. The second-order valence-corrected chi connectivity index (χ2v) is 8.66. The standard InChI is InChI=1S/C23H30O6/c1-6-7-8-14(11-16(24)25)17-21-15(9-10-23(4,5)29-21)20(27)18-19(26)12(2)13(3)28-22(17)18/h9-10,12-14,27H,6-8,11H2,1-5H3,(H,24,25)/t12-,13-,14-/m1/s1. The van der Waals surface area contributed by atoms with Gasteiger partial charge in [-0.05, 0) is 39.3 Å². The van der Waals surface area contributed by atoms with E-state index in [1.807, 2.05) is 33.8 Å². The number of phenols is 1. The smallest absolute Gasteiger partial charge is 0.303 e. The summed E-state index contributed by atoms with van der Waals surface area (Å²) in [5, 5.41) is 20.5. The number of carboxylic acids is 1. The first kappa shape index (κ1) is 21.2. The third kappa shape index (κ3) is 3.85. The first-order valence-electron chi connectivity index (χ1n) is 10.3. The van der Waals surface area contributed by atoms with Crippen LogP contribution in [0.4, 0.5) is 0 Å². The van der Waals surface area contributed by atoms with Crippen molar-refractivity contribution in [1.82, 2.24) is 0 Å². The molecule has 0 unspecified atom stereocenters. The van der Waals surface area contributed by atoms with Crippen molar-refractivity contribution in [3.8, 4) is 17.2 Å². The Morgan fingerprint density at radius 2 is 1.97 bits per heavy atom. The van der Waals surface area contributed by atoms with E-state index >= 15 is 0 Å². The molecule has 0 aliphatic carbocycles. The van der Waals surface area contributed by atoms with Crippen LogP contribution in [0.2, 0.25) is 0 Å². The van der Waals surface area contributed by atoms with Gasteiger partial charge in [-0.2, -0.15) is 0 Å². The van der Waals surface area contributed by atoms with E-state index < -0.39 is 17.5 Å². The van der Waals surface area contributed by atoms with Crippen LogP contribution in [0.25, 0.3) is 6.08 Å². The summed E-state index contributed by atoms with van der Waals surface area (Å²) in [7, 11) is 0. The highest BCUT2D eigenvalue weighted by molar-refractivity contribution is 6.06. The van der Waals surface area contributed by atoms with E-state index in [-0.39, 0.29) is 41.3 Å². The maximum Gasteiger partial charge on any atom is 0.303 e. The van der Waals surface area contributed by atoms with Crippen molar-refractivity contribution in [3.63, 3.8) is 0 Å². The van der Waals surface area contributed by atoms with Crippen molar-refractivity contribution in [2.24, 2.45) is 5.92 Å². The van der Waals surface area contributed by atoms with Crippen LogP contribution in [-0.4, -0.2) is 33.7 Å². The number of unbranched alkanes of at least 4 members (excludes halogenated alkanes) is 1. The molecule has 2 N–H and O–H groups in total. The number of carbonyl (C=O) groups is 2. The van der Waals surface area contributed by atoms with Gasteiger partial charge in [-0.25, -0.2) is 0 Å². The highest BCUT2D eigenvalue weighted by atomic mass is 16.5. The molecule has 158 valence electrons. The average molecular weight is 402 g/mol. The zero-order valence-electron chi connectivity index (χ0n) is 17.7. The van der Waals surface area contributed by atoms with Gasteiger partial charge in [0.2, 0.25) is 0 Å². The highest BCUT2D eigenvalue weighted by Crippen LogP contribution is 2.53. The van der Waals surface area contributed by atoms with Crippen LogP contribution in [0, 0.1) is 5.92 Å². The van der Waals surface area contributed by atoms with Gasteiger partial charge in [0.05, 0.1) is 17.9 Å². The zero-order chi connectivity index (χ0) is 21.5. The van der Waals surface area contributed by atoms with Gasteiger partial charge in [-0.3, -0.25) is 9.59 Å². The molecule has 0 amide bonds. The van der Waals surface area contributed by atoms with Gasteiger partial charge in [-0.1, -0.05) is 26.7 Å². The minimum atomic E-state index is -0.921. The fourth-order valence-corrected chi connectivity index (χ4v) is 4.04. The number of aromatic hydroxyl groups is 1. The molecule has 6 heteroatoms. The lowest BCUT2D eigenvalue weighted by Gasteiger charge is -2.37. The number of fused-ring (bicyclic) bond motifs is 2. The number of carbonyl (C=O) groups excluding carboxylic acids is 1. The SMILES string of the molecule is CCCC[C@H](CC(=O)O)c1c2c(c(O)c3c1O[C@H](C)[C@@H](C)C3=O)C=CC(C)(C)O2. The van der Waals surface area contributed by atoms with Crippen molar-refractivity contribution < 1.29 is 29.3 Å². The minimum Gasteiger partial charge on any atom is -0.506 e. The third-order valence-electron chi connectivity index (χ3n) is 5.87. The molecule has 2 heterocycles. The minimum absolute atomic E-state index is 0.0986. The van der Waals surface area contributed by atoms with Crippen molar-refractivity contribution in [3.05, 3.63) is 22.8 Å². The summed E-state index contributed by atoms with van der Waals surface area (Å²) in [6, 6.07) is 0. The molecule has 1 aromatic rings. The van der Waals surface area contributed by atoms with Gasteiger partial charge in [0, 0.05) is 11.5 Å². The zero-order valence-corrected chi connectivity index (χ0v) is 17.7. The highest BCUT2D eigenvalue weighted by Gasteiger charge is 2.41. The van der Waals surface area contributed by atoms with Crippen molar-refractivity contribution in [2.75, 3.05) is 0 Å². The monoisotopic (exact) mass is 402 g/mol. The van der Waals surface area contributed by atoms with Crippen LogP contribution in [0.5, 0.6) is 17.2 Å². The Kier molecular flexibility index (Phi) is 5.65. The Hall–Kier alpha value is -2.50. The number of ketones is 1. The van der Waals surface area contributed by atoms with Gasteiger partial charge in [0.25, 0.3) is 0 Å². The molecule has 2 aliphatic heterocycles. The van der Waals surface area contributed by atoms with Gasteiger partial charge in [0.1, 0.15) is 34.5 Å². The molecule has 0 fully saturated rings. The fourth-order valence-electron chi connectivity index (χ4n) is 4.04. The normalized spacial score (nSPS) is 22.9. The number of phenolic OH excluding ortho intramolecular Hbond substituents is 1. The molecule has 29 heavy (non-hydrogen) atoms. The quantitative estimate of drug-likeness (QED) is 0.701. The lowest BCUT2D eigenvalue weighted by Crippen LogP contribution is -2.36. The Morgan fingerprint density at radius 1 is 1.28 bits per heavy atom. The predicted octanol–water partition coefficient (Wildman–Crippen LogP) is 4.92. The first-order valence-corrected chi connectivity index (χ1v) is 10.3. The number of carboxylic acid groups (broad SMARTS) is 1. The Morgan fingerprint density at radius 3 is 2.59 bits per heavy atom. The number of rotatable bonds is 6. The van der Waals surface area contributed by atoms with Gasteiger partial charge in [-0.15, -0.1) is 0 Å². The lowest BCUT2D eigenvalue weighted by atomic mass is 9.81. The molecule has 0 saturated heterocycles. The van der Waals surface area contributed by atoms with Crippen LogP contribution >= 0.6 is 0 Å². The molecule has 1 aromatic carbocycles. The van der Waals surface area contributed by atoms with Crippen molar-refractivity contribution in [2.45, 2.75) is 77.9 Å². The maximum absolute atomic E-state index is 13.1. The van der Waals surface area contributed by atoms with Crippen molar-refractivity contribution in [1.29, 1.82) is 0 Å². The fraction of sp³-hybridized carbons (Fsp3) is 0.565. The predicted molar refractivity (Wildman–Crippen MR) is 110 cm³/mol. The summed E-state index contributed by atoms with van der Waals surface area (Å²) < 4.78 is 12.3. The van der Waals surface area contributed by atoms with E-state index in [2.05, 4.69) is 0 Å². The van der Waals surface area contributed by atoms with Gasteiger partial charge >= 0.3 is 5.97 Å². The number of ether oxygens (including phenoxy) is 2. The number of Topliss-reactive ketones (excluding diaryl/α,β-unsaturated/α-hetero) is 1. The molecule has 0 saturated carbocycles. The molecule has 2 aliphatic rings. The molecular weight excluding hydrogens is 372 g/mol. The average Bonchev–Trinajstić information content (AvgIpc) is 2.62. The third-order valence-corrected chi connectivity index (χ3v) is 5.87. The molecule has 0 radical (unpaired) electrons. The second-order valence-electron chi connectivity index (χ2n) is 8.66. The maximum atomic E-state index is 13.1. The number of hydrogen-bond acceptors (Lipinski definition) is 5. The number of aliphatic carboxylic acids is 1. The molecule has 0 bridgehead atoms. The number of hydrogen-bond donors (Lipinski definition) is 2. The lowest BCUT2D eigenvalue weighted by molar-refractivity contribution is -0.137. The molecule has 3 atom stereocenters. The van der Waals surface area contributed by atoms with Gasteiger partial charge in [0.15, 0.2) is 5.78 Å². The Labute approximate surface area is 171 Å². The second kappa shape index (κ2) is 7.73. The van der Waals surface area contributed by atoms with Crippen molar-refractivity contribution >= 4 is 17.8 Å². The van der Waals surface area contributed by atoms with E-state index in [1.54, 1.807) is 13.0 Å². The van der Waals surface area contributed by atoms with Crippen LogP contribution in [0.3, 0.4) is 0 Å². The summed E-state index contributed by atoms with van der Waals surface area (Å²) in [5.74, 6) is -1.35. The molecular formula is C23H30O6. The first-order chi connectivity index (χ1) is 13.6. The molecule has 6 nitrogen and oxygen atoms in total. The summed E-state index contributed by atoms with van der Waals surface area (Å²) >= 11 is 0. The summed E-state index contributed by atoms with van der Waals surface area (Å²) in [5.41, 5.74) is 0.527.